The minimum Gasteiger partial charge on any atom is -0.354 e. The van der Waals surface area contributed by atoms with E-state index in [4.69, 9.17) is 5.73 Å². The van der Waals surface area contributed by atoms with E-state index in [0.29, 0.717) is 25.9 Å². The van der Waals surface area contributed by atoms with Gasteiger partial charge >= 0.3 is 0 Å². The van der Waals surface area contributed by atoms with E-state index >= 15 is 0 Å². The van der Waals surface area contributed by atoms with E-state index < -0.39 is 5.41 Å². The van der Waals surface area contributed by atoms with Crippen molar-refractivity contribution >= 4 is 11.8 Å². The van der Waals surface area contributed by atoms with Crippen molar-refractivity contribution < 1.29 is 9.59 Å². The Hall–Kier alpha value is -1.10. The van der Waals surface area contributed by atoms with Gasteiger partial charge in [-0.2, -0.15) is 0 Å². The first-order chi connectivity index (χ1) is 6.95. The Balaban J connectivity index is 2.42. The summed E-state index contributed by atoms with van der Waals surface area (Å²) in [6.45, 7) is 4.45. The molecule has 0 aliphatic carbocycles. The fraction of sp³-hybridized carbons (Fsp3) is 0.800. The van der Waals surface area contributed by atoms with Gasteiger partial charge in [0.1, 0.15) is 0 Å². The Labute approximate surface area is 89.8 Å². The van der Waals surface area contributed by atoms with Crippen LogP contribution in [-0.4, -0.2) is 30.9 Å². The number of rotatable bonds is 3. The van der Waals surface area contributed by atoms with Gasteiger partial charge in [0.2, 0.25) is 11.8 Å². The molecule has 0 aromatic carbocycles. The van der Waals surface area contributed by atoms with Crippen molar-refractivity contribution in [3.63, 3.8) is 0 Å². The molecule has 15 heavy (non-hydrogen) atoms. The van der Waals surface area contributed by atoms with E-state index in [1.54, 1.807) is 0 Å². The first-order valence-corrected chi connectivity index (χ1v) is 5.23. The average Bonchev–Trinajstić information content (AvgIpc) is 2.21. The molecule has 5 nitrogen and oxygen atoms in total. The molecule has 1 rings (SSSR count). The van der Waals surface area contributed by atoms with Gasteiger partial charge in [0, 0.05) is 25.6 Å². The lowest BCUT2D eigenvalue weighted by Crippen LogP contribution is -2.52. The molecular weight excluding hydrogens is 194 g/mol. The molecular formula is C10H19N3O2. The van der Waals surface area contributed by atoms with Crippen LogP contribution in [0.3, 0.4) is 0 Å². The molecule has 1 saturated heterocycles. The number of nitrogens with one attached hydrogen (secondary N) is 2. The van der Waals surface area contributed by atoms with E-state index in [2.05, 4.69) is 10.6 Å². The number of amides is 2. The summed E-state index contributed by atoms with van der Waals surface area (Å²) < 4.78 is 0. The molecule has 0 bridgehead atoms. The lowest BCUT2D eigenvalue weighted by Gasteiger charge is -2.28. The summed E-state index contributed by atoms with van der Waals surface area (Å²) in [5.41, 5.74) is 4.96. The molecule has 0 saturated carbocycles. The topological polar surface area (TPSA) is 84.2 Å². The number of carbonyl (C=O) groups excluding carboxylic acids is 2. The SMILES string of the molecule is CC(C)(CN)C(=O)NC1CCC(=O)NC1. The zero-order chi connectivity index (χ0) is 11.5. The lowest BCUT2D eigenvalue weighted by molar-refractivity contribution is -0.131. The summed E-state index contributed by atoms with van der Waals surface area (Å²) >= 11 is 0. The van der Waals surface area contributed by atoms with Crippen LogP contribution >= 0.6 is 0 Å². The fourth-order valence-corrected chi connectivity index (χ4v) is 1.33. The molecule has 1 heterocycles. The van der Waals surface area contributed by atoms with Gasteiger partial charge < -0.3 is 16.4 Å². The minimum atomic E-state index is -0.540. The second kappa shape index (κ2) is 4.61. The third-order valence-corrected chi connectivity index (χ3v) is 2.73. The smallest absolute Gasteiger partial charge is 0.227 e. The van der Waals surface area contributed by atoms with Crippen molar-refractivity contribution in [1.82, 2.24) is 10.6 Å². The normalized spacial score (nSPS) is 22.1. The zero-order valence-corrected chi connectivity index (χ0v) is 9.30. The molecule has 2 amide bonds. The Morgan fingerprint density at radius 2 is 2.33 bits per heavy atom. The summed E-state index contributed by atoms with van der Waals surface area (Å²) in [5, 5.41) is 5.62. The molecule has 0 aromatic heterocycles. The van der Waals surface area contributed by atoms with Gasteiger partial charge in [-0.1, -0.05) is 0 Å². The first kappa shape index (κ1) is 12.0. The predicted octanol–water partition coefficient (Wildman–Crippen LogP) is -0.634. The Bertz CT molecular complexity index is 253. The maximum Gasteiger partial charge on any atom is 0.227 e. The van der Waals surface area contributed by atoms with Gasteiger partial charge in [-0.15, -0.1) is 0 Å². The van der Waals surface area contributed by atoms with Crippen LogP contribution in [0.1, 0.15) is 26.7 Å². The quantitative estimate of drug-likeness (QED) is 0.583. The summed E-state index contributed by atoms with van der Waals surface area (Å²) in [6, 6.07) is 0.0426. The second-order valence-electron chi connectivity index (χ2n) is 4.60. The molecule has 0 spiro atoms. The number of nitrogens with two attached hydrogens (primary N) is 1. The van der Waals surface area contributed by atoms with E-state index in [-0.39, 0.29) is 17.9 Å². The highest BCUT2D eigenvalue weighted by Gasteiger charge is 2.28. The van der Waals surface area contributed by atoms with Crippen molar-refractivity contribution in [1.29, 1.82) is 0 Å². The lowest BCUT2D eigenvalue weighted by atomic mass is 9.92. The van der Waals surface area contributed by atoms with Crippen LogP contribution in [-0.2, 0) is 9.59 Å². The Kier molecular flexibility index (Phi) is 3.68. The summed E-state index contributed by atoms with van der Waals surface area (Å²) in [4.78, 5) is 22.6. The minimum absolute atomic E-state index is 0.0426. The number of hydrogen-bond donors (Lipinski definition) is 3. The predicted molar refractivity (Wildman–Crippen MR) is 57.0 cm³/mol. The molecule has 1 atom stereocenters. The molecule has 86 valence electrons. The van der Waals surface area contributed by atoms with Crippen LogP contribution in [0.5, 0.6) is 0 Å². The van der Waals surface area contributed by atoms with E-state index in [1.165, 1.54) is 0 Å². The second-order valence-corrected chi connectivity index (χ2v) is 4.60. The van der Waals surface area contributed by atoms with Crippen LogP contribution in [0.4, 0.5) is 0 Å². The van der Waals surface area contributed by atoms with Gasteiger partial charge in [0.15, 0.2) is 0 Å². The van der Waals surface area contributed by atoms with Crippen LogP contribution in [0, 0.1) is 5.41 Å². The van der Waals surface area contributed by atoms with Crippen LogP contribution < -0.4 is 16.4 Å². The maximum absolute atomic E-state index is 11.7. The monoisotopic (exact) mass is 213 g/mol. The van der Waals surface area contributed by atoms with E-state index in [1.807, 2.05) is 13.8 Å². The molecule has 0 radical (unpaired) electrons. The van der Waals surface area contributed by atoms with E-state index in [9.17, 15) is 9.59 Å². The van der Waals surface area contributed by atoms with Gasteiger partial charge in [-0.3, -0.25) is 9.59 Å². The maximum atomic E-state index is 11.7. The molecule has 4 N–H and O–H groups in total. The highest BCUT2D eigenvalue weighted by Crippen LogP contribution is 2.13. The van der Waals surface area contributed by atoms with Gasteiger partial charge in [0.25, 0.3) is 0 Å². The highest BCUT2D eigenvalue weighted by molar-refractivity contribution is 5.83. The third-order valence-electron chi connectivity index (χ3n) is 2.73. The molecule has 1 aliphatic heterocycles. The standard InChI is InChI=1S/C10H19N3O2/c1-10(2,6-11)9(15)13-7-3-4-8(14)12-5-7/h7H,3-6,11H2,1-2H3,(H,12,14)(H,13,15). The Morgan fingerprint density at radius 3 is 2.80 bits per heavy atom. The average molecular weight is 213 g/mol. The zero-order valence-electron chi connectivity index (χ0n) is 9.30. The largest absolute Gasteiger partial charge is 0.354 e. The van der Waals surface area contributed by atoms with Crippen molar-refractivity contribution in [2.75, 3.05) is 13.1 Å². The third kappa shape index (κ3) is 3.20. The van der Waals surface area contributed by atoms with Crippen molar-refractivity contribution in [2.24, 2.45) is 11.1 Å². The summed E-state index contributed by atoms with van der Waals surface area (Å²) in [6.07, 6.45) is 1.19. The van der Waals surface area contributed by atoms with Crippen LogP contribution in [0.2, 0.25) is 0 Å². The fourth-order valence-electron chi connectivity index (χ4n) is 1.33. The summed E-state index contributed by atoms with van der Waals surface area (Å²) in [7, 11) is 0. The molecule has 5 heteroatoms. The first-order valence-electron chi connectivity index (χ1n) is 5.23. The van der Waals surface area contributed by atoms with Crippen LogP contribution in [0.25, 0.3) is 0 Å². The van der Waals surface area contributed by atoms with E-state index in [0.717, 1.165) is 0 Å². The number of piperidine rings is 1. The molecule has 0 aromatic rings. The molecule has 1 aliphatic rings. The summed E-state index contributed by atoms with van der Waals surface area (Å²) in [5.74, 6) is 0.00438. The number of hydrogen-bond acceptors (Lipinski definition) is 3. The van der Waals surface area contributed by atoms with Crippen molar-refractivity contribution in [3.8, 4) is 0 Å². The number of carbonyl (C=O) groups is 2. The van der Waals surface area contributed by atoms with Gasteiger partial charge in [0.05, 0.1) is 5.41 Å². The van der Waals surface area contributed by atoms with Gasteiger partial charge in [-0.25, -0.2) is 0 Å². The van der Waals surface area contributed by atoms with Crippen molar-refractivity contribution in [2.45, 2.75) is 32.7 Å². The van der Waals surface area contributed by atoms with Crippen LogP contribution in [0.15, 0.2) is 0 Å². The van der Waals surface area contributed by atoms with Crippen molar-refractivity contribution in [3.05, 3.63) is 0 Å². The Morgan fingerprint density at radius 1 is 1.67 bits per heavy atom. The highest BCUT2D eigenvalue weighted by atomic mass is 16.2. The van der Waals surface area contributed by atoms with Gasteiger partial charge in [-0.05, 0) is 20.3 Å². The molecule has 1 unspecified atom stereocenters. The molecule has 1 fully saturated rings.